The Balaban J connectivity index is 1.51. The number of nitrogens with two attached hydrogens (primary N) is 1. The van der Waals surface area contributed by atoms with E-state index < -0.39 is 41.6 Å². The van der Waals surface area contributed by atoms with E-state index in [1.807, 2.05) is 0 Å². The molecule has 0 bridgehead atoms. The van der Waals surface area contributed by atoms with Gasteiger partial charge in [-0.25, -0.2) is 14.6 Å². The number of aromatic nitrogens is 2. The molecule has 1 fully saturated rings. The average Bonchev–Trinajstić information content (AvgIpc) is 3.25. The van der Waals surface area contributed by atoms with Gasteiger partial charge in [0.25, 0.3) is 11.8 Å². The third-order valence-electron chi connectivity index (χ3n) is 5.99. The molecule has 2 aromatic heterocycles. The van der Waals surface area contributed by atoms with Crippen LogP contribution in [0.1, 0.15) is 45.0 Å². The van der Waals surface area contributed by atoms with E-state index in [-0.39, 0.29) is 33.1 Å². The number of nitrogen functional groups attached to an aromatic ring is 1. The molecule has 4 heterocycles. The summed E-state index contributed by atoms with van der Waals surface area (Å²) in [5.41, 5.74) is 5.06. The van der Waals surface area contributed by atoms with Gasteiger partial charge < -0.3 is 31.0 Å². The molecule has 2 aliphatic heterocycles. The number of carboxylic acid groups (broad SMARTS) is 1. The Labute approximate surface area is 253 Å². The largest absolute Gasteiger partial charge is 0.477 e. The summed E-state index contributed by atoms with van der Waals surface area (Å²) in [6.45, 7) is 5.29. The van der Waals surface area contributed by atoms with Crippen molar-refractivity contribution < 1.29 is 33.9 Å². The third-order valence-corrected chi connectivity index (χ3v) is 8.31. The molecule has 0 aromatic carbocycles. The second-order valence-corrected chi connectivity index (χ2v) is 12.8. The van der Waals surface area contributed by atoms with Gasteiger partial charge in [-0.2, -0.15) is 0 Å². The van der Waals surface area contributed by atoms with Crippen LogP contribution >= 0.6 is 34.7 Å². The molecule has 0 saturated carbocycles. The smallest absolute Gasteiger partial charge is 0.407 e. The number of thiazole rings is 1. The first kappa shape index (κ1) is 31.1. The van der Waals surface area contributed by atoms with Crippen molar-refractivity contribution in [3.05, 3.63) is 44.7 Å². The van der Waals surface area contributed by atoms with Crippen molar-refractivity contribution >= 4 is 69.4 Å². The molecule has 1 saturated heterocycles. The van der Waals surface area contributed by atoms with Crippen molar-refractivity contribution in [2.45, 2.75) is 62.7 Å². The summed E-state index contributed by atoms with van der Waals surface area (Å²) in [7, 11) is 1.23. The number of hydrogen-bond donors (Lipinski definition) is 4. The Morgan fingerprint density at radius 2 is 2.10 bits per heavy atom. The van der Waals surface area contributed by atoms with E-state index in [0.29, 0.717) is 28.3 Å². The minimum atomic E-state index is -1.29. The number of oxime groups is 1. The van der Waals surface area contributed by atoms with Crippen LogP contribution in [-0.2, 0) is 30.5 Å². The molecule has 14 nitrogen and oxygen atoms in total. The Morgan fingerprint density at radius 1 is 1.36 bits per heavy atom. The molecule has 2 unspecified atom stereocenters. The highest BCUT2D eigenvalue weighted by Gasteiger charge is 2.54. The van der Waals surface area contributed by atoms with Crippen molar-refractivity contribution in [3.8, 4) is 0 Å². The minimum Gasteiger partial charge on any atom is -0.477 e. The van der Waals surface area contributed by atoms with Crippen molar-refractivity contribution in [2.75, 3.05) is 12.8 Å². The molecule has 0 aliphatic carbocycles. The van der Waals surface area contributed by atoms with E-state index in [4.69, 9.17) is 26.9 Å². The van der Waals surface area contributed by atoms with Gasteiger partial charge in [-0.05, 0) is 45.7 Å². The number of rotatable bonds is 9. The van der Waals surface area contributed by atoms with Gasteiger partial charge in [0.1, 0.15) is 34.5 Å². The SMILES string of the molecule is CON=C(C(=O)NC1C(=O)N2C(C(=O)O)=C(Sc3cccnc3CNC(=O)OC(C)(C)C)CCC12)c1nc(N)sc1Cl. The second-order valence-electron chi connectivity index (χ2n) is 10.0. The van der Waals surface area contributed by atoms with Crippen LogP contribution < -0.4 is 16.4 Å². The number of halogens is 1. The number of carbonyl (C=O) groups is 4. The Hall–Kier alpha value is -3.89. The Kier molecular flexibility index (Phi) is 9.27. The summed E-state index contributed by atoms with van der Waals surface area (Å²) < 4.78 is 5.38. The van der Waals surface area contributed by atoms with Crippen LogP contribution in [0.15, 0.2) is 39.0 Å². The molecule has 4 rings (SSSR count). The topological polar surface area (TPSA) is 198 Å². The molecule has 2 aliphatic rings. The van der Waals surface area contributed by atoms with Gasteiger partial charge in [0.15, 0.2) is 10.8 Å². The summed E-state index contributed by atoms with van der Waals surface area (Å²) >= 11 is 8.23. The van der Waals surface area contributed by atoms with Gasteiger partial charge in [0.05, 0.1) is 18.3 Å². The molecule has 0 spiro atoms. The maximum absolute atomic E-state index is 13.2. The predicted molar refractivity (Wildman–Crippen MR) is 155 cm³/mol. The van der Waals surface area contributed by atoms with Crippen LogP contribution in [0, 0.1) is 0 Å². The second kappa shape index (κ2) is 12.5. The highest BCUT2D eigenvalue weighted by molar-refractivity contribution is 8.03. The molecule has 5 N–H and O–H groups in total. The predicted octanol–water partition coefficient (Wildman–Crippen LogP) is 2.73. The van der Waals surface area contributed by atoms with Gasteiger partial charge in [-0.3, -0.25) is 19.5 Å². The number of carboxylic acids is 1. The highest BCUT2D eigenvalue weighted by atomic mass is 35.5. The monoisotopic (exact) mass is 637 g/mol. The lowest BCUT2D eigenvalue weighted by atomic mass is 9.86. The fraction of sp³-hybridized carbons (Fsp3) is 0.400. The third kappa shape index (κ3) is 6.77. The van der Waals surface area contributed by atoms with Crippen molar-refractivity contribution in [2.24, 2.45) is 5.16 Å². The standard InChI is InChI=1S/C25H28ClN7O7S2/c1-25(2,3)40-24(38)29-10-11-13(6-5-9-28-11)41-14-8-7-12-15(21(35)33(12)18(14)22(36)37)30-20(34)17(32-39-4)16-19(26)42-23(27)31-16/h5-6,9,12,15H,7-8,10H2,1-4H3,(H2,27,31)(H,29,38)(H,30,34)(H,36,37). The number of anilines is 1. The van der Waals surface area contributed by atoms with Gasteiger partial charge in [-0.15, -0.1) is 0 Å². The van der Waals surface area contributed by atoms with E-state index in [1.54, 1.807) is 39.1 Å². The van der Waals surface area contributed by atoms with Gasteiger partial charge in [0.2, 0.25) is 0 Å². The van der Waals surface area contributed by atoms with Crippen molar-refractivity contribution in [1.82, 2.24) is 25.5 Å². The highest BCUT2D eigenvalue weighted by Crippen LogP contribution is 2.43. The molecule has 42 heavy (non-hydrogen) atoms. The number of nitrogens with zero attached hydrogens (tertiary/aromatic N) is 4. The normalized spacial score (nSPS) is 18.6. The van der Waals surface area contributed by atoms with Gasteiger partial charge in [-0.1, -0.05) is 39.9 Å². The van der Waals surface area contributed by atoms with Crippen LogP contribution in [0.5, 0.6) is 0 Å². The number of amides is 3. The first-order valence-electron chi connectivity index (χ1n) is 12.5. The number of hydrogen-bond acceptors (Lipinski definition) is 12. The fourth-order valence-corrected chi connectivity index (χ4v) is 6.42. The van der Waals surface area contributed by atoms with E-state index in [0.717, 1.165) is 23.1 Å². The lowest BCUT2D eigenvalue weighted by Gasteiger charge is -2.50. The molecular formula is C25H28ClN7O7S2. The number of aliphatic carboxylic acids is 1. The molecule has 3 amide bonds. The van der Waals surface area contributed by atoms with Crippen molar-refractivity contribution in [1.29, 1.82) is 0 Å². The number of β-lactam (4-membered cyclic amide) rings is 1. The maximum atomic E-state index is 13.2. The number of carbonyl (C=O) groups excluding carboxylic acids is 3. The van der Waals surface area contributed by atoms with E-state index in [1.165, 1.54) is 12.0 Å². The zero-order chi connectivity index (χ0) is 30.8. The minimum absolute atomic E-state index is 0.00373. The lowest BCUT2D eigenvalue weighted by Crippen LogP contribution is -2.72. The lowest BCUT2D eigenvalue weighted by molar-refractivity contribution is -0.155. The zero-order valence-electron chi connectivity index (χ0n) is 23.0. The fourth-order valence-electron chi connectivity index (χ4n) is 4.34. The molecule has 0 radical (unpaired) electrons. The van der Waals surface area contributed by atoms with Crippen LogP contribution in [0.3, 0.4) is 0 Å². The maximum Gasteiger partial charge on any atom is 0.407 e. The molecular weight excluding hydrogens is 610 g/mol. The van der Waals surface area contributed by atoms with Crippen LogP contribution in [-0.4, -0.2) is 74.4 Å². The summed E-state index contributed by atoms with van der Waals surface area (Å²) in [6, 6.07) is 1.84. The summed E-state index contributed by atoms with van der Waals surface area (Å²) in [4.78, 5) is 66.0. The summed E-state index contributed by atoms with van der Waals surface area (Å²) in [6.07, 6.45) is 1.63. The average molecular weight is 638 g/mol. The Morgan fingerprint density at radius 3 is 2.71 bits per heavy atom. The number of allylic oxidation sites excluding steroid dienone is 1. The number of thioether (sulfide) groups is 1. The van der Waals surface area contributed by atoms with E-state index >= 15 is 0 Å². The van der Waals surface area contributed by atoms with E-state index in [2.05, 4.69) is 25.8 Å². The summed E-state index contributed by atoms with van der Waals surface area (Å²) in [5, 5.41) is 19.1. The number of ether oxygens (including phenoxy) is 1. The number of nitrogens with one attached hydrogen (secondary N) is 2. The van der Waals surface area contributed by atoms with Gasteiger partial charge in [0, 0.05) is 16.0 Å². The molecule has 2 aromatic rings. The summed E-state index contributed by atoms with van der Waals surface area (Å²) in [5.74, 6) is -2.66. The first-order valence-corrected chi connectivity index (χ1v) is 14.5. The molecule has 17 heteroatoms. The zero-order valence-corrected chi connectivity index (χ0v) is 25.4. The quantitative estimate of drug-likeness (QED) is 0.179. The van der Waals surface area contributed by atoms with Crippen LogP contribution in [0.4, 0.5) is 9.93 Å². The van der Waals surface area contributed by atoms with Crippen molar-refractivity contribution in [3.63, 3.8) is 0 Å². The molecule has 224 valence electrons. The Bertz CT molecular complexity index is 1490. The number of fused-ring (bicyclic) bond motifs is 1. The van der Waals surface area contributed by atoms with Crippen LogP contribution in [0.2, 0.25) is 4.34 Å². The van der Waals surface area contributed by atoms with Crippen LogP contribution in [0.25, 0.3) is 0 Å². The first-order chi connectivity index (χ1) is 19.8. The number of alkyl carbamates (subject to hydrolysis) is 1. The number of pyridine rings is 1. The van der Waals surface area contributed by atoms with Gasteiger partial charge >= 0.3 is 12.1 Å². The van der Waals surface area contributed by atoms with E-state index in [9.17, 15) is 24.3 Å². The molecule has 2 atom stereocenters.